The number of hydrogen-bond acceptors (Lipinski definition) is 3. The molecule has 0 aromatic heterocycles. The standard InChI is InChI=1S/C18H17NO2/c1-20-17-8-14(11-19)9-18(10-17)21-12-13-5-6-15-3-2-4-16(15)7-13/h5-10H,2-4,12H2,1H3. The predicted molar refractivity (Wildman–Crippen MR) is 80.5 cm³/mol. The number of nitriles is 1. The van der Waals surface area contributed by atoms with E-state index in [1.165, 1.54) is 30.4 Å². The minimum Gasteiger partial charge on any atom is -0.497 e. The summed E-state index contributed by atoms with van der Waals surface area (Å²) in [4.78, 5) is 0. The van der Waals surface area contributed by atoms with Crippen LogP contribution < -0.4 is 9.47 Å². The molecule has 0 bridgehead atoms. The molecule has 21 heavy (non-hydrogen) atoms. The SMILES string of the molecule is COc1cc(C#N)cc(OCc2ccc3c(c2)CCC3)c1. The van der Waals surface area contributed by atoms with Crippen molar-refractivity contribution in [1.29, 1.82) is 5.26 Å². The van der Waals surface area contributed by atoms with E-state index in [1.54, 1.807) is 25.3 Å². The zero-order chi connectivity index (χ0) is 14.7. The highest BCUT2D eigenvalue weighted by Gasteiger charge is 2.11. The topological polar surface area (TPSA) is 42.2 Å². The summed E-state index contributed by atoms with van der Waals surface area (Å²) in [6, 6.07) is 13.9. The van der Waals surface area contributed by atoms with Gasteiger partial charge in [-0.2, -0.15) is 5.26 Å². The van der Waals surface area contributed by atoms with Gasteiger partial charge in [0.1, 0.15) is 18.1 Å². The molecule has 0 atom stereocenters. The van der Waals surface area contributed by atoms with Crippen LogP contribution >= 0.6 is 0 Å². The molecular formula is C18H17NO2. The summed E-state index contributed by atoms with van der Waals surface area (Å²) in [5.74, 6) is 1.30. The molecule has 2 aromatic rings. The number of ether oxygens (including phenoxy) is 2. The van der Waals surface area contributed by atoms with Crippen LogP contribution in [0.2, 0.25) is 0 Å². The van der Waals surface area contributed by atoms with Crippen LogP contribution in [0, 0.1) is 11.3 Å². The van der Waals surface area contributed by atoms with Gasteiger partial charge in [0, 0.05) is 6.07 Å². The third kappa shape index (κ3) is 3.00. The van der Waals surface area contributed by atoms with Crippen molar-refractivity contribution in [2.75, 3.05) is 7.11 Å². The smallest absolute Gasteiger partial charge is 0.124 e. The first-order valence-corrected chi connectivity index (χ1v) is 7.11. The van der Waals surface area contributed by atoms with Crippen LogP contribution in [0.15, 0.2) is 36.4 Å². The van der Waals surface area contributed by atoms with E-state index in [4.69, 9.17) is 14.7 Å². The van der Waals surface area contributed by atoms with Gasteiger partial charge < -0.3 is 9.47 Å². The molecular weight excluding hydrogens is 262 g/mol. The van der Waals surface area contributed by atoms with Crippen LogP contribution in [0.5, 0.6) is 11.5 Å². The van der Waals surface area contributed by atoms with Gasteiger partial charge in [0.25, 0.3) is 0 Å². The van der Waals surface area contributed by atoms with Crippen molar-refractivity contribution in [2.24, 2.45) is 0 Å². The van der Waals surface area contributed by atoms with E-state index in [0.717, 1.165) is 5.56 Å². The van der Waals surface area contributed by atoms with Crippen molar-refractivity contribution in [1.82, 2.24) is 0 Å². The van der Waals surface area contributed by atoms with Gasteiger partial charge in [0.2, 0.25) is 0 Å². The first-order valence-electron chi connectivity index (χ1n) is 7.11. The summed E-state index contributed by atoms with van der Waals surface area (Å²) in [5, 5.41) is 9.01. The third-order valence-corrected chi connectivity index (χ3v) is 3.81. The summed E-state index contributed by atoms with van der Waals surface area (Å²) >= 11 is 0. The van der Waals surface area contributed by atoms with Gasteiger partial charge in [-0.3, -0.25) is 0 Å². The van der Waals surface area contributed by atoms with E-state index < -0.39 is 0 Å². The third-order valence-electron chi connectivity index (χ3n) is 3.81. The molecule has 3 heteroatoms. The average molecular weight is 279 g/mol. The number of hydrogen-bond donors (Lipinski definition) is 0. The lowest BCUT2D eigenvalue weighted by Crippen LogP contribution is -1.98. The molecule has 0 radical (unpaired) electrons. The highest BCUT2D eigenvalue weighted by molar-refractivity contribution is 5.44. The summed E-state index contributed by atoms with van der Waals surface area (Å²) < 4.78 is 11.0. The number of nitrogens with zero attached hydrogens (tertiary/aromatic N) is 1. The molecule has 0 aliphatic heterocycles. The van der Waals surface area contributed by atoms with E-state index in [2.05, 4.69) is 24.3 Å². The van der Waals surface area contributed by atoms with Crippen LogP contribution in [-0.2, 0) is 19.4 Å². The Labute approximate surface area is 124 Å². The van der Waals surface area contributed by atoms with Gasteiger partial charge in [-0.25, -0.2) is 0 Å². The number of fused-ring (bicyclic) bond motifs is 1. The molecule has 1 aliphatic rings. The number of aryl methyl sites for hydroxylation is 2. The maximum atomic E-state index is 9.01. The zero-order valence-corrected chi connectivity index (χ0v) is 12.1. The summed E-state index contributed by atoms with van der Waals surface area (Å²) in [6.07, 6.45) is 3.61. The van der Waals surface area contributed by atoms with Crippen molar-refractivity contribution < 1.29 is 9.47 Å². The van der Waals surface area contributed by atoms with E-state index >= 15 is 0 Å². The summed E-state index contributed by atoms with van der Waals surface area (Å²) in [7, 11) is 1.58. The second kappa shape index (κ2) is 5.88. The molecule has 0 N–H and O–H groups in total. The molecule has 2 aromatic carbocycles. The quantitative estimate of drug-likeness (QED) is 0.858. The van der Waals surface area contributed by atoms with Crippen molar-refractivity contribution in [3.8, 4) is 17.6 Å². The van der Waals surface area contributed by atoms with Crippen LogP contribution in [0.25, 0.3) is 0 Å². The fraction of sp³-hybridized carbons (Fsp3) is 0.278. The Bertz CT molecular complexity index is 701. The molecule has 0 heterocycles. The molecule has 0 saturated carbocycles. The second-order valence-corrected chi connectivity index (χ2v) is 5.25. The Morgan fingerprint density at radius 3 is 2.67 bits per heavy atom. The summed E-state index contributed by atoms with van der Waals surface area (Å²) in [6.45, 7) is 0.505. The van der Waals surface area contributed by atoms with E-state index in [9.17, 15) is 0 Å². The fourth-order valence-electron chi connectivity index (χ4n) is 2.72. The molecule has 0 spiro atoms. The normalized spacial score (nSPS) is 12.6. The van der Waals surface area contributed by atoms with E-state index in [-0.39, 0.29) is 0 Å². The number of rotatable bonds is 4. The van der Waals surface area contributed by atoms with Gasteiger partial charge in [-0.15, -0.1) is 0 Å². The maximum absolute atomic E-state index is 9.01. The Morgan fingerprint density at radius 1 is 1.05 bits per heavy atom. The Balaban J connectivity index is 1.74. The van der Waals surface area contributed by atoms with Gasteiger partial charge in [-0.1, -0.05) is 18.2 Å². The lowest BCUT2D eigenvalue weighted by Gasteiger charge is -2.10. The summed E-state index contributed by atoms with van der Waals surface area (Å²) in [5.41, 5.74) is 4.61. The Hall–Kier alpha value is -2.47. The molecule has 3 rings (SSSR count). The number of methoxy groups -OCH3 is 1. The number of benzene rings is 2. The molecule has 0 unspecified atom stereocenters. The Kier molecular flexibility index (Phi) is 3.79. The van der Waals surface area contributed by atoms with Crippen molar-refractivity contribution >= 4 is 0 Å². The monoisotopic (exact) mass is 279 g/mol. The lowest BCUT2D eigenvalue weighted by atomic mass is 10.1. The van der Waals surface area contributed by atoms with Crippen molar-refractivity contribution in [3.63, 3.8) is 0 Å². The minimum atomic E-state index is 0.505. The molecule has 0 saturated heterocycles. The minimum absolute atomic E-state index is 0.505. The zero-order valence-electron chi connectivity index (χ0n) is 12.1. The van der Waals surface area contributed by atoms with Gasteiger partial charge >= 0.3 is 0 Å². The lowest BCUT2D eigenvalue weighted by molar-refractivity contribution is 0.303. The Morgan fingerprint density at radius 2 is 1.86 bits per heavy atom. The highest BCUT2D eigenvalue weighted by Crippen LogP contribution is 2.25. The van der Waals surface area contributed by atoms with Crippen LogP contribution in [0.1, 0.15) is 28.7 Å². The second-order valence-electron chi connectivity index (χ2n) is 5.25. The van der Waals surface area contributed by atoms with Gasteiger partial charge in [0.05, 0.1) is 18.7 Å². The van der Waals surface area contributed by atoms with Crippen molar-refractivity contribution in [2.45, 2.75) is 25.9 Å². The first kappa shape index (κ1) is 13.5. The molecule has 1 aliphatic carbocycles. The van der Waals surface area contributed by atoms with Gasteiger partial charge in [-0.05, 0) is 48.1 Å². The largest absolute Gasteiger partial charge is 0.497 e. The average Bonchev–Trinajstić information content (AvgIpc) is 3.00. The predicted octanol–water partition coefficient (Wildman–Crippen LogP) is 3.63. The highest BCUT2D eigenvalue weighted by atomic mass is 16.5. The fourth-order valence-corrected chi connectivity index (χ4v) is 2.72. The van der Waals surface area contributed by atoms with Crippen molar-refractivity contribution in [3.05, 3.63) is 58.7 Å². The van der Waals surface area contributed by atoms with Crippen LogP contribution in [-0.4, -0.2) is 7.11 Å². The van der Waals surface area contributed by atoms with Crippen LogP contribution in [0.4, 0.5) is 0 Å². The maximum Gasteiger partial charge on any atom is 0.124 e. The van der Waals surface area contributed by atoms with E-state index in [0.29, 0.717) is 23.7 Å². The molecule has 0 fully saturated rings. The van der Waals surface area contributed by atoms with Gasteiger partial charge in [0.15, 0.2) is 0 Å². The first-order chi connectivity index (χ1) is 10.3. The van der Waals surface area contributed by atoms with Crippen LogP contribution in [0.3, 0.4) is 0 Å². The molecule has 106 valence electrons. The molecule has 3 nitrogen and oxygen atoms in total. The van der Waals surface area contributed by atoms with E-state index in [1.807, 2.05) is 0 Å². The molecule has 0 amide bonds.